The molecule has 17 heavy (non-hydrogen) atoms. The van der Waals surface area contributed by atoms with Gasteiger partial charge in [-0.05, 0) is 26.0 Å². The predicted octanol–water partition coefficient (Wildman–Crippen LogP) is 4.73. The summed E-state index contributed by atoms with van der Waals surface area (Å²) in [6.07, 6.45) is 0. The van der Waals surface area contributed by atoms with Crippen LogP contribution in [0.3, 0.4) is 0 Å². The van der Waals surface area contributed by atoms with Crippen LogP contribution >= 0.6 is 35.4 Å². The number of rotatable bonds is 1. The highest BCUT2D eigenvalue weighted by atomic mass is 35.5. The zero-order valence-electron chi connectivity index (χ0n) is 9.34. The maximum absolute atomic E-state index is 5.98. The summed E-state index contributed by atoms with van der Waals surface area (Å²) in [6, 6.07) is 5.37. The molecule has 0 spiro atoms. The first-order valence-corrected chi connectivity index (χ1v) is 6.18. The molecule has 1 N–H and O–H groups in total. The van der Waals surface area contributed by atoms with Gasteiger partial charge in [0.05, 0.1) is 15.7 Å². The van der Waals surface area contributed by atoms with E-state index in [4.69, 9.17) is 35.4 Å². The Morgan fingerprint density at radius 2 is 1.88 bits per heavy atom. The number of hydrogen-bond acceptors (Lipinski definition) is 2. The van der Waals surface area contributed by atoms with Gasteiger partial charge in [-0.1, -0.05) is 41.5 Å². The molecule has 0 unspecified atom stereocenters. The van der Waals surface area contributed by atoms with Gasteiger partial charge >= 0.3 is 0 Å². The molecule has 0 aliphatic heterocycles. The molecule has 0 radical (unpaired) electrons. The molecule has 0 bridgehead atoms. The summed E-state index contributed by atoms with van der Waals surface area (Å²) in [7, 11) is 0. The van der Waals surface area contributed by atoms with Gasteiger partial charge in [-0.25, -0.2) is 4.98 Å². The standard InChI is InChI=1S/C12H10Cl2N2S/c1-6-7(2)16-12(17)11(15-6)8-3-4-9(13)10(14)5-8/h3-5H,1-2H3,(H,16,17). The Bertz CT molecular complexity index is 635. The number of aromatic nitrogens is 2. The molecule has 0 saturated heterocycles. The molecule has 88 valence electrons. The second-order valence-corrected chi connectivity index (χ2v) is 4.98. The van der Waals surface area contributed by atoms with Crippen LogP contribution in [0.25, 0.3) is 11.3 Å². The molecule has 0 saturated carbocycles. The molecular formula is C12H10Cl2N2S. The molecule has 5 heteroatoms. The SMILES string of the molecule is Cc1nc(-c2ccc(Cl)c(Cl)c2)c(=S)[nH]c1C. The largest absolute Gasteiger partial charge is 0.347 e. The number of aromatic amines is 1. The highest BCUT2D eigenvalue weighted by molar-refractivity contribution is 7.71. The van der Waals surface area contributed by atoms with Crippen molar-refractivity contribution in [1.82, 2.24) is 9.97 Å². The van der Waals surface area contributed by atoms with Crippen molar-refractivity contribution in [3.05, 3.63) is 44.3 Å². The van der Waals surface area contributed by atoms with E-state index < -0.39 is 0 Å². The van der Waals surface area contributed by atoms with Crippen molar-refractivity contribution >= 4 is 35.4 Å². The molecule has 1 aromatic carbocycles. The average Bonchev–Trinajstić information content (AvgIpc) is 2.27. The summed E-state index contributed by atoms with van der Waals surface area (Å²) in [5, 5.41) is 1.02. The molecule has 0 aliphatic rings. The van der Waals surface area contributed by atoms with Crippen LogP contribution in [-0.4, -0.2) is 9.97 Å². The minimum absolute atomic E-state index is 0.499. The highest BCUT2D eigenvalue weighted by Crippen LogP contribution is 2.28. The Morgan fingerprint density at radius 1 is 1.18 bits per heavy atom. The summed E-state index contributed by atoms with van der Waals surface area (Å²) in [5.74, 6) is 0. The van der Waals surface area contributed by atoms with Crippen LogP contribution < -0.4 is 0 Å². The summed E-state index contributed by atoms with van der Waals surface area (Å²) in [4.78, 5) is 7.59. The maximum Gasteiger partial charge on any atom is 0.130 e. The normalized spacial score (nSPS) is 10.6. The summed E-state index contributed by atoms with van der Waals surface area (Å²) in [6.45, 7) is 3.87. The average molecular weight is 285 g/mol. The number of nitrogens with one attached hydrogen (secondary N) is 1. The minimum atomic E-state index is 0.499. The van der Waals surface area contributed by atoms with Gasteiger partial charge in [0.1, 0.15) is 10.3 Å². The van der Waals surface area contributed by atoms with E-state index in [1.165, 1.54) is 0 Å². The van der Waals surface area contributed by atoms with Crippen molar-refractivity contribution in [3.63, 3.8) is 0 Å². The Labute approximate surface area is 115 Å². The molecule has 0 fully saturated rings. The van der Waals surface area contributed by atoms with Gasteiger partial charge in [-0.15, -0.1) is 0 Å². The fourth-order valence-corrected chi connectivity index (χ4v) is 2.08. The lowest BCUT2D eigenvalue weighted by Crippen LogP contribution is -1.96. The quantitative estimate of drug-likeness (QED) is 0.767. The fraction of sp³-hybridized carbons (Fsp3) is 0.167. The Hall–Kier alpha value is -0.900. The van der Waals surface area contributed by atoms with Gasteiger partial charge < -0.3 is 4.98 Å². The van der Waals surface area contributed by atoms with Crippen molar-refractivity contribution in [2.24, 2.45) is 0 Å². The first kappa shape index (κ1) is 12.6. The number of aryl methyl sites for hydroxylation is 2. The molecule has 1 aromatic heterocycles. The van der Waals surface area contributed by atoms with Crippen molar-refractivity contribution in [2.75, 3.05) is 0 Å². The topological polar surface area (TPSA) is 28.7 Å². The van der Waals surface area contributed by atoms with Crippen LogP contribution in [0.5, 0.6) is 0 Å². The first-order chi connectivity index (χ1) is 7.99. The van der Waals surface area contributed by atoms with E-state index in [0.717, 1.165) is 22.6 Å². The Kier molecular flexibility index (Phi) is 3.52. The lowest BCUT2D eigenvalue weighted by atomic mass is 10.1. The van der Waals surface area contributed by atoms with Crippen LogP contribution in [0.15, 0.2) is 18.2 Å². The number of nitrogens with zero attached hydrogens (tertiary/aromatic N) is 1. The van der Waals surface area contributed by atoms with E-state index in [2.05, 4.69) is 9.97 Å². The van der Waals surface area contributed by atoms with Crippen LogP contribution in [0, 0.1) is 18.5 Å². The zero-order valence-corrected chi connectivity index (χ0v) is 11.7. The fourth-order valence-electron chi connectivity index (χ4n) is 1.46. The summed E-state index contributed by atoms with van der Waals surface area (Å²) >= 11 is 17.1. The monoisotopic (exact) mass is 284 g/mol. The molecule has 2 nitrogen and oxygen atoms in total. The van der Waals surface area contributed by atoms with Gasteiger partial charge in [-0.2, -0.15) is 0 Å². The van der Waals surface area contributed by atoms with Gasteiger partial charge in [0.15, 0.2) is 0 Å². The minimum Gasteiger partial charge on any atom is -0.347 e. The van der Waals surface area contributed by atoms with Crippen molar-refractivity contribution in [1.29, 1.82) is 0 Å². The van der Waals surface area contributed by atoms with Gasteiger partial charge in [0, 0.05) is 11.3 Å². The highest BCUT2D eigenvalue weighted by Gasteiger charge is 2.07. The molecule has 1 heterocycles. The number of hydrogen-bond donors (Lipinski definition) is 1. The second kappa shape index (κ2) is 4.77. The molecule has 2 rings (SSSR count). The van der Waals surface area contributed by atoms with Crippen LogP contribution in [-0.2, 0) is 0 Å². The summed E-state index contributed by atoms with van der Waals surface area (Å²) < 4.78 is 0.603. The third-order valence-electron chi connectivity index (χ3n) is 2.53. The molecular weight excluding hydrogens is 275 g/mol. The van der Waals surface area contributed by atoms with Crippen molar-refractivity contribution in [2.45, 2.75) is 13.8 Å². The second-order valence-electron chi connectivity index (χ2n) is 3.75. The van der Waals surface area contributed by atoms with E-state index in [-0.39, 0.29) is 0 Å². The first-order valence-electron chi connectivity index (χ1n) is 5.02. The van der Waals surface area contributed by atoms with Crippen molar-refractivity contribution < 1.29 is 0 Å². The third kappa shape index (κ3) is 2.51. The van der Waals surface area contributed by atoms with Gasteiger partial charge in [0.25, 0.3) is 0 Å². The molecule has 0 atom stereocenters. The zero-order chi connectivity index (χ0) is 12.6. The van der Waals surface area contributed by atoms with Gasteiger partial charge in [0.2, 0.25) is 0 Å². The molecule has 0 aliphatic carbocycles. The van der Waals surface area contributed by atoms with E-state index in [9.17, 15) is 0 Å². The smallest absolute Gasteiger partial charge is 0.130 e. The third-order valence-corrected chi connectivity index (χ3v) is 3.57. The Morgan fingerprint density at radius 3 is 2.53 bits per heavy atom. The van der Waals surface area contributed by atoms with E-state index >= 15 is 0 Å². The predicted molar refractivity (Wildman–Crippen MR) is 74.4 cm³/mol. The molecule has 0 amide bonds. The van der Waals surface area contributed by atoms with Crippen LogP contribution in [0.2, 0.25) is 10.0 Å². The van der Waals surface area contributed by atoms with Crippen LogP contribution in [0.1, 0.15) is 11.4 Å². The number of benzene rings is 1. The Balaban J connectivity index is 2.64. The maximum atomic E-state index is 5.98. The number of H-pyrrole nitrogens is 1. The van der Waals surface area contributed by atoms with E-state index in [1.807, 2.05) is 19.9 Å². The van der Waals surface area contributed by atoms with E-state index in [0.29, 0.717) is 14.7 Å². The lowest BCUT2D eigenvalue weighted by Gasteiger charge is -2.06. The summed E-state index contributed by atoms with van der Waals surface area (Å²) in [5.41, 5.74) is 3.48. The van der Waals surface area contributed by atoms with Crippen molar-refractivity contribution in [3.8, 4) is 11.3 Å². The van der Waals surface area contributed by atoms with Gasteiger partial charge in [-0.3, -0.25) is 0 Å². The van der Waals surface area contributed by atoms with E-state index in [1.54, 1.807) is 12.1 Å². The number of halogens is 2. The van der Waals surface area contributed by atoms with Crippen LogP contribution in [0.4, 0.5) is 0 Å². The lowest BCUT2D eigenvalue weighted by molar-refractivity contribution is 1.04. The molecule has 2 aromatic rings.